The van der Waals surface area contributed by atoms with E-state index in [4.69, 9.17) is 0 Å². The molecule has 3 aromatic rings. The molecule has 3 aromatic heterocycles. The zero-order valence-electron chi connectivity index (χ0n) is 15.6. The van der Waals surface area contributed by atoms with Crippen LogP contribution in [0.2, 0.25) is 0 Å². The second-order valence-corrected chi connectivity index (χ2v) is 6.73. The van der Waals surface area contributed by atoms with E-state index in [1.165, 1.54) is 35.0 Å². The van der Waals surface area contributed by atoms with Gasteiger partial charge in [0.1, 0.15) is 30.6 Å². The first-order valence-corrected chi connectivity index (χ1v) is 9.04. The highest BCUT2D eigenvalue weighted by Gasteiger charge is 2.27. The van der Waals surface area contributed by atoms with Crippen molar-refractivity contribution in [3.63, 3.8) is 0 Å². The monoisotopic (exact) mass is 397 g/mol. The van der Waals surface area contributed by atoms with Gasteiger partial charge in [0.25, 0.3) is 5.56 Å². The summed E-state index contributed by atoms with van der Waals surface area (Å²) < 4.78 is 2.72. The van der Waals surface area contributed by atoms with E-state index in [9.17, 15) is 14.4 Å². The van der Waals surface area contributed by atoms with Crippen molar-refractivity contribution >= 4 is 17.5 Å². The molecule has 1 amide bonds. The summed E-state index contributed by atoms with van der Waals surface area (Å²) in [7, 11) is 1.48. The molecule has 0 aromatic carbocycles. The van der Waals surface area contributed by atoms with E-state index in [2.05, 4.69) is 30.4 Å². The first-order valence-electron chi connectivity index (χ1n) is 9.04. The lowest BCUT2D eigenvalue weighted by atomic mass is 9.97. The van der Waals surface area contributed by atoms with Gasteiger partial charge in [0.2, 0.25) is 5.91 Å². The highest BCUT2D eigenvalue weighted by Crippen LogP contribution is 2.23. The Balaban J connectivity index is 1.50. The molecule has 1 aliphatic heterocycles. The van der Waals surface area contributed by atoms with Gasteiger partial charge in [0.05, 0.1) is 5.92 Å². The molecule has 1 unspecified atom stereocenters. The summed E-state index contributed by atoms with van der Waals surface area (Å²) in [5.41, 5.74) is -1.14. The van der Waals surface area contributed by atoms with Gasteiger partial charge >= 0.3 is 5.69 Å². The molecule has 12 heteroatoms. The number of rotatable bonds is 4. The smallest absolute Gasteiger partial charge is 0.329 e. The molecule has 29 heavy (non-hydrogen) atoms. The minimum absolute atomic E-state index is 0.163. The van der Waals surface area contributed by atoms with E-state index in [1.807, 2.05) is 4.90 Å². The highest BCUT2D eigenvalue weighted by atomic mass is 16.2. The highest BCUT2D eigenvalue weighted by molar-refractivity contribution is 5.92. The van der Waals surface area contributed by atoms with E-state index >= 15 is 0 Å². The molecule has 1 atom stereocenters. The molecule has 0 saturated carbocycles. The van der Waals surface area contributed by atoms with Crippen LogP contribution in [0.5, 0.6) is 0 Å². The summed E-state index contributed by atoms with van der Waals surface area (Å²) in [4.78, 5) is 52.6. The van der Waals surface area contributed by atoms with E-state index < -0.39 is 11.2 Å². The van der Waals surface area contributed by atoms with Crippen LogP contribution in [0.25, 0.3) is 5.82 Å². The van der Waals surface area contributed by atoms with Crippen molar-refractivity contribution in [2.75, 3.05) is 23.3 Å². The maximum absolute atomic E-state index is 12.8. The Hall–Kier alpha value is -3.83. The van der Waals surface area contributed by atoms with Crippen molar-refractivity contribution in [2.45, 2.75) is 12.8 Å². The van der Waals surface area contributed by atoms with Gasteiger partial charge in [0.15, 0.2) is 5.82 Å². The Morgan fingerprint density at radius 1 is 1.21 bits per heavy atom. The average Bonchev–Trinajstić information content (AvgIpc) is 3.27. The molecular weight excluding hydrogens is 378 g/mol. The van der Waals surface area contributed by atoms with Gasteiger partial charge in [-0.15, -0.1) is 0 Å². The van der Waals surface area contributed by atoms with Crippen LogP contribution in [0.15, 0.2) is 40.7 Å². The Kier molecular flexibility index (Phi) is 4.89. The molecule has 0 aliphatic carbocycles. The quantitative estimate of drug-likeness (QED) is 0.588. The molecule has 1 aliphatic rings. The number of hydrogen-bond donors (Lipinski definition) is 2. The summed E-state index contributed by atoms with van der Waals surface area (Å²) in [6.45, 7) is 1.21. The number of piperidine rings is 1. The van der Waals surface area contributed by atoms with Crippen molar-refractivity contribution in [3.05, 3.63) is 52.0 Å². The second kappa shape index (κ2) is 7.66. The van der Waals surface area contributed by atoms with Gasteiger partial charge in [-0.05, 0) is 12.8 Å². The number of amides is 1. The first kappa shape index (κ1) is 18.5. The summed E-state index contributed by atoms with van der Waals surface area (Å²) >= 11 is 0. The lowest BCUT2D eigenvalue weighted by molar-refractivity contribution is -0.120. The number of aromatic nitrogens is 7. The molecule has 0 spiro atoms. The number of anilines is 2. The van der Waals surface area contributed by atoms with Crippen LogP contribution in [0.4, 0.5) is 11.6 Å². The zero-order valence-corrected chi connectivity index (χ0v) is 15.6. The standard InChI is InChI=1S/C17H19N9O3/c1-24-14(6-15(27)23-17(24)29)22-16(28)11-3-2-4-25(7-11)12-5-13(20-9-19-12)26-10-18-8-21-26/h5-6,8-11H,2-4,7H2,1H3,(H,22,28)(H,23,27,29). The third kappa shape index (κ3) is 3.90. The van der Waals surface area contributed by atoms with Crippen molar-refractivity contribution in [1.82, 2.24) is 34.3 Å². The summed E-state index contributed by atoms with van der Waals surface area (Å²) in [6.07, 6.45) is 5.91. The van der Waals surface area contributed by atoms with E-state index in [0.717, 1.165) is 13.0 Å². The molecule has 4 rings (SSSR count). The van der Waals surface area contributed by atoms with Crippen molar-refractivity contribution in [1.29, 1.82) is 0 Å². The predicted molar refractivity (Wildman–Crippen MR) is 103 cm³/mol. The summed E-state index contributed by atoms with van der Waals surface area (Å²) in [5, 5.41) is 6.75. The molecule has 2 N–H and O–H groups in total. The van der Waals surface area contributed by atoms with Crippen molar-refractivity contribution < 1.29 is 4.79 Å². The number of nitrogens with one attached hydrogen (secondary N) is 2. The number of H-pyrrole nitrogens is 1. The Morgan fingerprint density at radius 3 is 2.83 bits per heavy atom. The van der Waals surface area contributed by atoms with Crippen LogP contribution >= 0.6 is 0 Å². The molecular formula is C17H19N9O3. The number of carbonyl (C=O) groups is 1. The third-order valence-electron chi connectivity index (χ3n) is 4.82. The fourth-order valence-electron chi connectivity index (χ4n) is 3.27. The van der Waals surface area contributed by atoms with Crippen LogP contribution in [-0.2, 0) is 11.8 Å². The second-order valence-electron chi connectivity index (χ2n) is 6.73. The van der Waals surface area contributed by atoms with Gasteiger partial charge in [-0.3, -0.25) is 19.1 Å². The molecule has 12 nitrogen and oxygen atoms in total. The molecule has 150 valence electrons. The average molecular weight is 397 g/mol. The minimum atomic E-state index is -0.584. The Bertz CT molecular complexity index is 1140. The van der Waals surface area contributed by atoms with Gasteiger partial charge in [-0.2, -0.15) is 5.10 Å². The van der Waals surface area contributed by atoms with Crippen LogP contribution < -0.4 is 21.5 Å². The van der Waals surface area contributed by atoms with Gasteiger partial charge in [-0.1, -0.05) is 0 Å². The fraction of sp³-hybridized carbons (Fsp3) is 0.353. The predicted octanol–water partition coefficient (Wildman–Crippen LogP) is -0.701. The lowest BCUT2D eigenvalue weighted by Crippen LogP contribution is -2.42. The van der Waals surface area contributed by atoms with Crippen molar-refractivity contribution in [3.8, 4) is 5.82 Å². The summed E-state index contributed by atoms with van der Waals surface area (Å²) in [6, 6.07) is 2.98. The topological polar surface area (TPSA) is 144 Å². The molecule has 1 fully saturated rings. The van der Waals surface area contributed by atoms with Crippen LogP contribution in [-0.4, -0.2) is 53.3 Å². The fourth-order valence-corrected chi connectivity index (χ4v) is 3.27. The van der Waals surface area contributed by atoms with E-state index in [0.29, 0.717) is 24.6 Å². The lowest BCUT2D eigenvalue weighted by Gasteiger charge is -2.32. The molecule has 0 bridgehead atoms. The summed E-state index contributed by atoms with van der Waals surface area (Å²) in [5.74, 6) is 0.865. The third-order valence-corrected chi connectivity index (χ3v) is 4.82. The van der Waals surface area contributed by atoms with Crippen LogP contribution in [0.1, 0.15) is 12.8 Å². The SMILES string of the molecule is Cn1c(NC(=O)C2CCCN(c3cc(-n4cncn4)ncn3)C2)cc(=O)[nH]c1=O. The maximum Gasteiger partial charge on any atom is 0.329 e. The van der Waals surface area contributed by atoms with Gasteiger partial charge < -0.3 is 10.2 Å². The van der Waals surface area contributed by atoms with Gasteiger partial charge in [0, 0.05) is 32.3 Å². The Labute approximate surface area is 164 Å². The van der Waals surface area contributed by atoms with E-state index in [-0.39, 0.29) is 17.6 Å². The minimum Gasteiger partial charge on any atom is -0.356 e. The molecule has 4 heterocycles. The number of nitrogens with zero attached hydrogens (tertiary/aromatic N) is 7. The maximum atomic E-state index is 12.8. The van der Waals surface area contributed by atoms with Crippen molar-refractivity contribution in [2.24, 2.45) is 13.0 Å². The van der Waals surface area contributed by atoms with Gasteiger partial charge in [-0.25, -0.2) is 24.4 Å². The van der Waals surface area contributed by atoms with Crippen LogP contribution in [0.3, 0.4) is 0 Å². The number of hydrogen-bond acceptors (Lipinski definition) is 8. The largest absolute Gasteiger partial charge is 0.356 e. The molecule has 0 radical (unpaired) electrons. The van der Waals surface area contributed by atoms with Crippen LogP contribution in [0, 0.1) is 5.92 Å². The Morgan fingerprint density at radius 2 is 2.03 bits per heavy atom. The van der Waals surface area contributed by atoms with E-state index in [1.54, 1.807) is 12.4 Å². The number of carbonyl (C=O) groups excluding carboxylic acids is 1. The molecule has 1 saturated heterocycles. The zero-order chi connectivity index (χ0) is 20.4. The number of aromatic amines is 1. The normalized spacial score (nSPS) is 16.6. The first-order chi connectivity index (χ1) is 14.0.